The highest BCUT2D eigenvalue weighted by Gasteiger charge is 2.32. The lowest BCUT2D eigenvalue weighted by molar-refractivity contribution is 0.0991. The summed E-state index contributed by atoms with van der Waals surface area (Å²) in [7, 11) is 0. The van der Waals surface area contributed by atoms with Crippen LogP contribution in [0.3, 0.4) is 0 Å². The Hall–Kier alpha value is -4.29. The molecule has 3 aliphatic rings. The van der Waals surface area contributed by atoms with Gasteiger partial charge in [-0.2, -0.15) is 0 Å². The predicted molar refractivity (Wildman–Crippen MR) is 171 cm³/mol. The van der Waals surface area contributed by atoms with Gasteiger partial charge in [-0.3, -0.25) is 19.7 Å². The van der Waals surface area contributed by atoms with Crippen LogP contribution in [0.25, 0.3) is 32.8 Å². The van der Waals surface area contributed by atoms with Crippen molar-refractivity contribution in [3.05, 3.63) is 95.4 Å². The van der Waals surface area contributed by atoms with Crippen LogP contribution >= 0.6 is 0 Å². The normalized spacial score (nSPS) is 18.6. The Labute approximate surface area is 246 Å². The van der Waals surface area contributed by atoms with Crippen LogP contribution in [0.1, 0.15) is 40.2 Å². The lowest BCUT2D eigenvalue weighted by Gasteiger charge is -2.39. The summed E-state index contributed by atoms with van der Waals surface area (Å²) < 4.78 is 0. The Morgan fingerprint density at radius 2 is 1.67 bits per heavy atom. The van der Waals surface area contributed by atoms with E-state index in [-0.39, 0.29) is 5.91 Å². The fourth-order valence-electron chi connectivity index (χ4n) is 7.59. The van der Waals surface area contributed by atoms with E-state index in [0.29, 0.717) is 12.6 Å². The zero-order valence-corrected chi connectivity index (χ0v) is 24.3. The second-order valence-electron chi connectivity index (χ2n) is 12.2. The highest BCUT2D eigenvalue weighted by atomic mass is 16.2. The van der Waals surface area contributed by atoms with Crippen LogP contribution in [-0.4, -0.2) is 59.5 Å². The first-order valence-electron chi connectivity index (χ1n) is 15.2. The number of carbonyl (C=O) groups is 1. The number of anilines is 2. The summed E-state index contributed by atoms with van der Waals surface area (Å²) in [5.41, 5.74) is 9.48. The molecule has 5 heterocycles. The van der Waals surface area contributed by atoms with Crippen molar-refractivity contribution < 1.29 is 4.79 Å². The monoisotopic (exact) mass is 553 g/mol. The standard InChI is InChI=1S/C36H35N5O/c1-23-18-26(19-24(2)38-23)28-7-3-9-30-29(28)8-4-10-31(30)36(42)41-15-12-25-20-33-32(21-35(25)41)34(11-13-37-33)40-17-16-39-14-5-6-27(39)22-40/h3-4,7-11,13,18-21,27H,5-6,12,14-17,22H2,1-2H3. The molecule has 6 heteroatoms. The van der Waals surface area contributed by atoms with E-state index in [1.807, 2.05) is 37.1 Å². The van der Waals surface area contributed by atoms with E-state index in [1.54, 1.807) is 0 Å². The SMILES string of the molecule is Cc1cc(-c2cccc3c(C(=O)N4CCc5cc6nccc(N7CCN8CCCC8C7)c6cc54)cccc23)cc(C)n1. The Morgan fingerprint density at radius 3 is 2.55 bits per heavy atom. The molecule has 1 atom stereocenters. The lowest BCUT2D eigenvalue weighted by atomic mass is 9.95. The Kier molecular flexibility index (Phi) is 6.00. The maximum Gasteiger partial charge on any atom is 0.258 e. The summed E-state index contributed by atoms with van der Waals surface area (Å²) in [5.74, 6) is 0.0583. The van der Waals surface area contributed by atoms with E-state index in [0.717, 1.165) is 81.5 Å². The Morgan fingerprint density at radius 1 is 0.833 bits per heavy atom. The highest BCUT2D eigenvalue weighted by molar-refractivity contribution is 6.17. The van der Waals surface area contributed by atoms with Crippen LogP contribution in [-0.2, 0) is 6.42 Å². The van der Waals surface area contributed by atoms with E-state index in [4.69, 9.17) is 4.98 Å². The molecule has 2 saturated heterocycles. The topological polar surface area (TPSA) is 52.6 Å². The van der Waals surface area contributed by atoms with Gasteiger partial charge in [0.2, 0.25) is 0 Å². The number of pyridine rings is 2. The molecule has 6 nitrogen and oxygen atoms in total. The summed E-state index contributed by atoms with van der Waals surface area (Å²) in [6, 6.07) is 23.9. The van der Waals surface area contributed by atoms with Crippen LogP contribution in [0.4, 0.5) is 11.4 Å². The van der Waals surface area contributed by atoms with Gasteiger partial charge in [-0.25, -0.2) is 0 Å². The Bertz CT molecular complexity index is 1860. The average Bonchev–Trinajstić information content (AvgIpc) is 3.64. The van der Waals surface area contributed by atoms with E-state index < -0.39 is 0 Å². The number of fused-ring (bicyclic) bond motifs is 4. The zero-order valence-electron chi connectivity index (χ0n) is 24.3. The van der Waals surface area contributed by atoms with Gasteiger partial charge in [0.25, 0.3) is 5.91 Å². The van der Waals surface area contributed by atoms with Crippen molar-refractivity contribution >= 4 is 39.0 Å². The largest absolute Gasteiger partial charge is 0.368 e. The quantitative estimate of drug-likeness (QED) is 0.254. The molecule has 1 amide bonds. The predicted octanol–water partition coefficient (Wildman–Crippen LogP) is 6.55. The van der Waals surface area contributed by atoms with Crippen molar-refractivity contribution in [3.63, 3.8) is 0 Å². The molecule has 3 aromatic carbocycles. The molecule has 8 rings (SSSR count). The van der Waals surface area contributed by atoms with Gasteiger partial charge in [-0.15, -0.1) is 0 Å². The fourth-order valence-corrected chi connectivity index (χ4v) is 7.59. The molecule has 210 valence electrons. The van der Waals surface area contributed by atoms with E-state index in [2.05, 4.69) is 69.4 Å². The summed E-state index contributed by atoms with van der Waals surface area (Å²) in [5, 5.41) is 3.22. The first-order valence-corrected chi connectivity index (χ1v) is 15.2. The van der Waals surface area contributed by atoms with Crippen LogP contribution in [0.5, 0.6) is 0 Å². The second-order valence-corrected chi connectivity index (χ2v) is 12.2. The van der Waals surface area contributed by atoms with Crippen molar-refractivity contribution in [2.24, 2.45) is 0 Å². The number of piperazine rings is 1. The molecule has 3 aliphatic heterocycles. The maximum atomic E-state index is 14.3. The zero-order chi connectivity index (χ0) is 28.4. The van der Waals surface area contributed by atoms with Crippen molar-refractivity contribution in [1.82, 2.24) is 14.9 Å². The minimum Gasteiger partial charge on any atom is -0.368 e. The number of carbonyl (C=O) groups excluding carboxylic acids is 1. The number of nitrogens with zero attached hydrogens (tertiary/aromatic N) is 5. The summed E-state index contributed by atoms with van der Waals surface area (Å²) in [6.07, 6.45) is 5.37. The number of rotatable bonds is 3. The smallest absolute Gasteiger partial charge is 0.258 e. The van der Waals surface area contributed by atoms with Gasteiger partial charge in [-0.05, 0) is 104 Å². The number of hydrogen-bond acceptors (Lipinski definition) is 5. The highest BCUT2D eigenvalue weighted by Crippen LogP contribution is 2.39. The van der Waals surface area contributed by atoms with Gasteiger partial charge in [0.15, 0.2) is 0 Å². The molecule has 5 aromatic rings. The summed E-state index contributed by atoms with van der Waals surface area (Å²) >= 11 is 0. The lowest BCUT2D eigenvalue weighted by Crippen LogP contribution is -2.50. The van der Waals surface area contributed by atoms with Crippen LogP contribution in [0.15, 0.2) is 72.9 Å². The van der Waals surface area contributed by atoms with E-state index in [1.165, 1.54) is 30.6 Å². The number of benzene rings is 3. The van der Waals surface area contributed by atoms with Crippen molar-refractivity contribution in [1.29, 1.82) is 0 Å². The molecule has 0 aliphatic carbocycles. The van der Waals surface area contributed by atoms with Crippen LogP contribution < -0.4 is 9.80 Å². The second kappa shape index (κ2) is 9.92. The Balaban J connectivity index is 1.18. The molecule has 0 bridgehead atoms. The molecule has 2 fully saturated rings. The number of hydrogen-bond donors (Lipinski definition) is 0. The third-order valence-electron chi connectivity index (χ3n) is 9.53. The molecule has 0 spiro atoms. The molecule has 0 radical (unpaired) electrons. The van der Waals surface area contributed by atoms with Gasteiger partial charge in [-0.1, -0.05) is 30.3 Å². The number of amides is 1. The van der Waals surface area contributed by atoms with Crippen LogP contribution in [0.2, 0.25) is 0 Å². The molecular weight excluding hydrogens is 518 g/mol. The number of aromatic nitrogens is 2. The minimum atomic E-state index is 0.0583. The van der Waals surface area contributed by atoms with Gasteiger partial charge >= 0.3 is 0 Å². The third kappa shape index (κ3) is 4.16. The average molecular weight is 554 g/mol. The van der Waals surface area contributed by atoms with Gasteiger partial charge in [0.1, 0.15) is 0 Å². The minimum absolute atomic E-state index is 0.0583. The van der Waals surface area contributed by atoms with Gasteiger partial charge in [0, 0.05) is 72.1 Å². The summed E-state index contributed by atoms with van der Waals surface area (Å²) in [4.78, 5) is 30.8. The van der Waals surface area contributed by atoms with Crippen molar-refractivity contribution in [3.8, 4) is 11.1 Å². The van der Waals surface area contributed by atoms with Gasteiger partial charge < -0.3 is 9.80 Å². The molecule has 42 heavy (non-hydrogen) atoms. The molecule has 2 aromatic heterocycles. The van der Waals surface area contributed by atoms with Crippen molar-refractivity contribution in [2.75, 3.05) is 42.5 Å². The fraction of sp³-hybridized carbons (Fsp3) is 0.306. The summed E-state index contributed by atoms with van der Waals surface area (Å²) in [6.45, 7) is 9.18. The van der Waals surface area contributed by atoms with E-state index >= 15 is 0 Å². The number of aryl methyl sites for hydroxylation is 2. The molecule has 0 N–H and O–H groups in total. The first kappa shape index (κ1) is 25.4. The first-order chi connectivity index (χ1) is 20.5. The van der Waals surface area contributed by atoms with E-state index in [9.17, 15) is 4.79 Å². The molecule has 1 unspecified atom stereocenters. The van der Waals surface area contributed by atoms with Crippen LogP contribution in [0, 0.1) is 13.8 Å². The third-order valence-corrected chi connectivity index (χ3v) is 9.53. The molecular formula is C36H35N5O. The maximum absolute atomic E-state index is 14.3. The van der Waals surface area contributed by atoms with Gasteiger partial charge in [0.05, 0.1) is 5.52 Å². The van der Waals surface area contributed by atoms with Crippen molar-refractivity contribution in [2.45, 2.75) is 39.2 Å². The molecule has 0 saturated carbocycles.